The summed E-state index contributed by atoms with van der Waals surface area (Å²) in [5.74, 6) is 0.737. The normalized spacial score (nSPS) is 15.2. The zero-order chi connectivity index (χ0) is 18.0. The number of aliphatic imine (C=N–C) groups is 1. The summed E-state index contributed by atoms with van der Waals surface area (Å²) in [7, 11) is 3.39. The number of nitrogens with one attached hydrogen (secondary N) is 2. The number of methoxy groups -OCH3 is 1. The molecule has 0 aliphatic carbocycles. The van der Waals surface area contributed by atoms with Gasteiger partial charge in [0.05, 0.1) is 19.3 Å². The Labute approximate surface area is 168 Å². The van der Waals surface area contributed by atoms with E-state index < -0.39 is 5.60 Å². The number of hydrogen-bond acceptors (Lipinski definition) is 5. The number of halogens is 1. The first-order valence-corrected chi connectivity index (χ1v) is 8.37. The molecule has 1 heterocycles. The molecule has 1 fully saturated rings. The number of ether oxygens (including phenoxy) is 3. The first kappa shape index (κ1) is 24.2. The van der Waals surface area contributed by atoms with E-state index in [-0.39, 0.29) is 36.1 Å². The first-order valence-electron chi connectivity index (χ1n) is 8.37. The van der Waals surface area contributed by atoms with E-state index in [2.05, 4.69) is 15.6 Å². The molecule has 148 valence electrons. The maximum Gasteiger partial charge on any atom is 0.410 e. The van der Waals surface area contributed by atoms with Crippen molar-refractivity contribution in [3.63, 3.8) is 0 Å². The Morgan fingerprint density at radius 2 is 1.92 bits per heavy atom. The highest BCUT2D eigenvalue weighted by atomic mass is 127. The molecule has 1 aliphatic heterocycles. The first-order chi connectivity index (χ1) is 11.4. The van der Waals surface area contributed by atoms with Crippen LogP contribution in [0.2, 0.25) is 0 Å². The zero-order valence-electron chi connectivity index (χ0n) is 16.0. The molecule has 0 aromatic heterocycles. The Hall–Kier alpha value is -0.810. The van der Waals surface area contributed by atoms with Crippen LogP contribution < -0.4 is 10.6 Å². The molecule has 0 saturated carbocycles. The number of guanidine groups is 1. The van der Waals surface area contributed by atoms with Crippen LogP contribution in [0.25, 0.3) is 0 Å². The number of carbonyl (C=O) groups is 1. The van der Waals surface area contributed by atoms with Crippen LogP contribution in [-0.4, -0.2) is 82.2 Å². The van der Waals surface area contributed by atoms with Crippen LogP contribution in [-0.2, 0) is 14.2 Å². The van der Waals surface area contributed by atoms with Gasteiger partial charge < -0.3 is 29.7 Å². The lowest BCUT2D eigenvalue weighted by molar-refractivity contribution is 0.00700. The Balaban J connectivity index is 0.00000576. The molecule has 0 aromatic carbocycles. The van der Waals surface area contributed by atoms with Crippen LogP contribution in [0.3, 0.4) is 0 Å². The molecule has 25 heavy (non-hydrogen) atoms. The lowest BCUT2D eigenvalue weighted by atomic mass is 10.1. The van der Waals surface area contributed by atoms with Gasteiger partial charge in [-0.2, -0.15) is 0 Å². The molecular weight excluding hydrogens is 439 g/mol. The van der Waals surface area contributed by atoms with Gasteiger partial charge in [-0.3, -0.25) is 4.99 Å². The molecular formula is C16H33IN4O4. The Morgan fingerprint density at radius 3 is 2.48 bits per heavy atom. The van der Waals surface area contributed by atoms with Crippen LogP contribution in [0.15, 0.2) is 4.99 Å². The standard InChI is InChI=1S/C16H32N4O4.HI/c1-16(2,3)24-15(21)20-11-13(12-20)19-14(17-4)18-7-6-8-23-10-9-22-5;/h13H,6-12H2,1-5H3,(H2,17,18,19);1H. The van der Waals surface area contributed by atoms with E-state index in [0.717, 1.165) is 18.9 Å². The highest BCUT2D eigenvalue weighted by Gasteiger charge is 2.34. The number of rotatable bonds is 8. The van der Waals surface area contributed by atoms with Gasteiger partial charge in [-0.25, -0.2) is 4.79 Å². The van der Waals surface area contributed by atoms with Crippen molar-refractivity contribution in [1.82, 2.24) is 15.5 Å². The maximum atomic E-state index is 11.9. The van der Waals surface area contributed by atoms with E-state index in [9.17, 15) is 4.79 Å². The fraction of sp³-hybridized carbons (Fsp3) is 0.875. The van der Waals surface area contributed by atoms with Crippen LogP contribution in [0.1, 0.15) is 27.2 Å². The van der Waals surface area contributed by atoms with E-state index >= 15 is 0 Å². The Morgan fingerprint density at radius 1 is 1.24 bits per heavy atom. The smallest absolute Gasteiger partial charge is 0.410 e. The average Bonchev–Trinajstić information content (AvgIpc) is 2.45. The van der Waals surface area contributed by atoms with Crippen molar-refractivity contribution in [2.24, 2.45) is 4.99 Å². The number of hydrogen-bond donors (Lipinski definition) is 2. The van der Waals surface area contributed by atoms with Crippen LogP contribution >= 0.6 is 24.0 Å². The van der Waals surface area contributed by atoms with Crippen molar-refractivity contribution in [2.45, 2.75) is 38.8 Å². The summed E-state index contributed by atoms with van der Waals surface area (Å²) in [6, 6.07) is 0.196. The minimum Gasteiger partial charge on any atom is -0.444 e. The highest BCUT2D eigenvalue weighted by molar-refractivity contribution is 14.0. The molecule has 0 radical (unpaired) electrons. The van der Waals surface area contributed by atoms with Crippen molar-refractivity contribution in [3.05, 3.63) is 0 Å². The second kappa shape index (κ2) is 12.5. The van der Waals surface area contributed by atoms with Crippen LogP contribution in [0.4, 0.5) is 4.79 Å². The third-order valence-electron chi connectivity index (χ3n) is 3.29. The Kier molecular flexibility index (Phi) is 12.1. The number of amides is 1. The molecule has 0 bridgehead atoms. The van der Waals surface area contributed by atoms with Crippen molar-refractivity contribution in [2.75, 3.05) is 53.6 Å². The third kappa shape index (κ3) is 10.7. The lowest BCUT2D eigenvalue weighted by Crippen LogP contribution is -2.63. The minimum atomic E-state index is -0.460. The third-order valence-corrected chi connectivity index (χ3v) is 3.29. The van der Waals surface area contributed by atoms with Gasteiger partial charge in [0, 0.05) is 40.4 Å². The zero-order valence-corrected chi connectivity index (χ0v) is 18.3. The van der Waals surface area contributed by atoms with Crippen LogP contribution in [0.5, 0.6) is 0 Å². The summed E-state index contributed by atoms with van der Waals surface area (Å²) in [5.41, 5.74) is -0.460. The van der Waals surface area contributed by atoms with E-state index in [0.29, 0.717) is 32.9 Å². The maximum absolute atomic E-state index is 11.9. The minimum absolute atomic E-state index is 0. The fourth-order valence-electron chi connectivity index (χ4n) is 2.06. The van der Waals surface area contributed by atoms with Gasteiger partial charge in [0.15, 0.2) is 5.96 Å². The average molecular weight is 472 g/mol. The largest absolute Gasteiger partial charge is 0.444 e. The monoisotopic (exact) mass is 472 g/mol. The molecule has 0 unspecified atom stereocenters. The van der Waals surface area contributed by atoms with Gasteiger partial charge in [-0.1, -0.05) is 0 Å². The van der Waals surface area contributed by atoms with Crippen molar-refractivity contribution in [3.8, 4) is 0 Å². The number of nitrogens with zero attached hydrogens (tertiary/aromatic N) is 2. The molecule has 0 atom stereocenters. The highest BCUT2D eigenvalue weighted by Crippen LogP contribution is 2.15. The second-order valence-electron chi connectivity index (χ2n) is 6.68. The molecule has 9 heteroatoms. The quantitative estimate of drug-likeness (QED) is 0.241. The van der Waals surface area contributed by atoms with E-state index in [1.165, 1.54) is 0 Å². The van der Waals surface area contributed by atoms with Gasteiger partial charge in [-0.15, -0.1) is 24.0 Å². The molecule has 1 saturated heterocycles. The van der Waals surface area contributed by atoms with Gasteiger partial charge in [-0.05, 0) is 27.2 Å². The van der Waals surface area contributed by atoms with Crippen molar-refractivity contribution < 1.29 is 19.0 Å². The summed E-state index contributed by atoms with van der Waals surface area (Å²) in [6.45, 7) is 9.53. The predicted octanol–water partition coefficient (Wildman–Crippen LogP) is 1.44. The molecule has 0 spiro atoms. The molecule has 1 amide bonds. The lowest BCUT2D eigenvalue weighted by Gasteiger charge is -2.40. The van der Waals surface area contributed by atoms with Crippen LogP contribution in [0, 0.1) is 0 Å². The van der Waals surface area contributed by atoms with E-state index in [1.807, 2.05) is 20.8 Å². The van der Waals surface area contributed by atoms with Gasteiger partial charge in [0.25, 0.3) is 0 Å². The molecule has 1 rings (SSSR count). The predicted molar refractivity (Wildman–Crippen MR) is 109 cm³/mol. The summed E-state index contributed by atoms with van der Waals surface area (Å²) < 4.78 is 15.6. The molecule has 0 aromatic rings. The summed E-state index contributed by atoms with van der Waals surface area (Å²) in [6.07, 6.45) is 0.621. The van der Waals surface area contributed by atoms with Crippen molar-refractivity contribution in [1.29, 1.82) is 0 Å². The summed E-state index contributed by atoms with van der Waals surface area (Å²) >= 11 is 0. The van der Waals surface area contributed by atoms with Gasteiger partial charge in [0.2, 0.25) is 0 Å². The fourth-order valence-corrected chi connectivity index (χ4v) is 2.06. The SMILES string of the molecule is CN=C(NCCCOCCOC)NC1CN(C(=O)OC(C)(C)C)C1.I. The molecule has 2 N–H and O–H groups in total. The summed E-state index contributed by atoms with van der Waals surface area (Å²) in [4.78, 5) is 17.7. The topological polar surface area (TPSA) is 84.4 Å². The van der Waals surface area contributed by atoms with Gasteiger partial charge >= 0.3 is 6.09 Å². The van der Waals surface area contributed by atoms with E-state index in [4.69, 9.17) is 14.2 Å². The number of likely N-dealkylation sites (tertiary alicyclic amines) is 1. The molecule has 1 aliphatic rings. The Bertz CT molecular complexity index is 409. The molecule has 8 nitrogen and oxygen atoms in total. The number of carbonyl (C=O) groups excluding carboxylic acids is 1. The second-order valence-corrected chi connectivity index (χ2v) is 6.68. The summed E-state index contributed by atoms with van der Waals surface area (Å²) in [5, 5.41) is 6.53. The van der Waals surface area contributed by atoms with Crippen molar-refractivity contribution >= 4 is 36.0 Å². The van der Waals surface area contributed by atoms with E-state index in [1.54, 1.807) is 19.1 Å². The van der Waals surface area contributed by atoms with Gasteiger partial charge in [0.1, 0.15) is 5.60 Å².